The molecule has 1 unspecified atom stereocenters. The highest BCUT2D eigenvalue weighted by Gasteiger charge is 2.28. The Morgan fingerprint density at radius 3 is 2.39 bits per heavy atom. The second-order valence-electron chi connectivity index (χ2n) is 6.43. The molecule has 148 valence electrons. The fraction of sp³-hybridized carbons (Fsp3) is 0.263. The number of para-hydroxylation sites is 2. The molecule has 3 amide bonds. The van der Waals surface area contributed by atoms with E-state index < -0.39 is 15.9 Å². The lowest BCUT2D eigenvalue weighted by atomic mass is 10.2. The summed E-state index contributed by atoms with van der Waals surface area (Å²) in [4.78, 5) is 24.4. The number of benzene rings is 2. The number of urea groups is 1. The lowest BCUT2D eigenvalue weighted by Crippen LogP contribution is -2.38. The zero-order valence-corrected chi connectivity index (χ0v) is 16.1. The van der Waals surface area contributed by atoms with Gasteiger partial charge in [0, 0.05) is 17.3 Å². The van der Waals surface area contributed by atoms with Crippen LogP contribution in [-0.4, -0.2) is 45.0 Å². The van der Waals surface area contributed by atoms with Crippen LogP contribution >= 0.6 is 0 Å². The molecule has 2 aromatic rings. The predicted octanol–water partition coefficient (Wildman–Crippen LogP) is 2.26. The van der Waals surface area contributed by atoms with Gasteiger partial charge in [0.25, 0.3) is 5.91 Å². The van der Waals surface area contributed by atoms with Crippen LogP contribution in [0.4, 0.5) is 16.2 Å². The van der Waals surface area contributed by atoms with Crippen molar-refractivity contribution in [3.05, 3.63) is 54.1 Å². The van der Waals surface area contributed by atoms with Crippen molar-refractivity contribution in [3.63, 3.8) is 0 Å². The van der Waals surface area contributed by atoms with Gasteiger partial charge in [-0.2, -0.15) is 0 Å². The van der Waals surface area contributed by atoms with Gasteiger partial charge in [0.1, 0.15) is 5.75 Å². The monoisotopic (exact) mass is 403 g/mol. The molecule has 0 radical (unpaired) electrons. The second-order valence-corrected chi connectivity index (χ2v) is 8.66. The van der Waals surface area contributed by atoms with Crippen LogP contribution in [0.15, 0.2) is 48.5 Å². The van der Waals surface area contributed by atoms with Crippen LogP contribution < -0.4 is 20.7 Å². The third-order valence-corrected chi connectivity index (χ3v) is 6.10. The number of hydrogen-bond acceptors (Lipinski definition) is 5. The Kier molecular flexibility index (Phi) is 5.84. The zero-order valence-electron chi connectivity index (χ0n) is 15.3. The molecule has 0 bridgehead atoms. The highest BCUT2D eigenvalue weighted by Crippen LogP contribution is 2.24. The van der Waals surface area contributed by atoms with Gasteiger partial charge in [0.2, 0.25) is 0 Å². The molecule has 3 N–H and O–H groups in total. The summed E-state index contributed by atoms with van der Waals surface area (Å²) in [6.07, 6.45) is 0.414. The van der Waals surface area contributed by atoms with Crippen LogP contribution in [0, 0.1) is 0 Å². The molecule has 0 aromatic heterocycles. The van der Waals surface area contributed by atoms with Gasteiger partial charge in [-0.15, -0.1) is 0 Å². The van der Waals surface area contributed by atoms with Gasteiger partial charge in [-0.1, -0.05) is 12.1 Å². The third kappa shape index (κ3) is 5.01. The lowest BCUT2D eigenvalue weighted by molar-refractivity contribution is 0.102. The number of nitrogens with one attached hydrogen (secondary N) is 3. The van der Waals surface area contributed by atoms with Gasteiger partial charge in [-0.3, -0.25) is 4.79 Å². The number of ether oxygens (including phenoxy) is 1. The Morgan fingerprint density at radius 2 is 1.75 bits per heavy atom. The molecule has 8 nitrogen and oxygen atoms in total. The van der Waals surface area contributed by atoms with E-state index in [0.717, 1.165) is 0 Å². The molecule has 0 spiro atoms. The third-order valence-electron chi connectivity index (χ3n) is 4.33. The van der Waals surface area contributed by atoms with Crippen LogP contribution in [0.5, 0.6) is 5.75 Å². The molecular formula is C19H21N3O5S. The molecule has 0 aliphatic carbocycles. The maximum absolute atomic E-state index is 12.4. The molecule has 9 heteroatoms. The number of carbonyl (C=O) groups excluding carboxylic acids is 2. The predicted molar refractivity (Wildman–Crippen MR) is 107 cm³/mol. The van der Waals surface area contributed by atoms with E-state index in [0.29, 0.717) is 29.1 Å². The maximum Gasteiger partial charge on any atom is 0.319 e. The quantitative estimate of drug-likeness (QED) is 0.709. The molecule has 28 heavy (non-hydrogen) atoms. The fourth-order valence-electron chi connectivity index (χ4n) is 2.91. The summed E-state index contributed by atoms with van der Waals surface area (Å²) < 4.78 is 28.1. The Hall–Kier alpha value is -3.07. The van der Waals surface area contributed by atoms with Gasteiger partial charge in [-0.05, 0) is 42.8 Å². The number of methoxy groups -OCH3 is 1. The molecule has 1 fully saturated rings. The minimum atomic E-state index is -3.06. The summed E-state index contributed by atoms with van der Waals surface area (Å²) >= 11 is 0. The average Bonchev–Trinajstić information content (AvgIpc) is 3.00. The Bertz CT molecular complexity index is 973. The smallest absolute Gasteiger partial charge is 0.319 e. The van der Waals surface area contributed by atoms with Crippen molar-refractivity contribution in [1.82, 2.24) is 5.32 Å². The number of carbonyl (C=O) groups is 2. The number of amides is 3. The maximum atomic E-state index is 12.4. The first-order valence-electron chi connectivity index (χ1n) is 8.69. The molecule has 1 heterocycles. The number of sulfone groups is 1. The molecule has 1 aliphatic heterocycles. The van der Waals surface area contributed by atoms with Crippen LogP contribution in [0.1, 0.15) is 16.8 Å². The van der Waals surface area contributed by atoms with E-state index in [4.69, 9.17) is 4.74 Å². The first-order chi connectivity index (χ1) is 13.4. The molecular weight excluding hydrogens is 382 g/mol. The lowest BCUT2D eigenvalue weighted by Gasteiger charge is -2.13. The fourth-order valence-corrected chi connectivity index (χ4v) is 4.58. The van der Waals surface area contributed by atoms with E-state index in [-0.39, 0.29) is 23.5 Å². The summed E-state index contributed by atoms with van der Waals surface area (Å²) in [6, 6.07) is 12.6. The van der Waals surface area contributed by atoms with Crippen LogP contribution in [0.3, 0.4) is 0 Å². The van der Waals surface area contributed by atoms with E-state index in [1.807, 2.05) is 0 Å². The minimum absolute atomic E-state index is 0.0392. The van der Waals surface area contributed by atoms with Crippen molar-refractivity contribution in [3.8, 4) is 5.75 Å². The molecule has 2 aromatic carbocycles. The molecule has 1 atom stereocenters. The molecule has 1 saturated heterocycles. The summed E-state index contributed by atoms with van der Waals surface area (Å²) in [6.45, 7) is 0. The van der Waals surface area contributed by atoms with E-state index in [1.165, 1.54) is 7.11 Å². The first-order valence-corrected chi connectivity index (χ1v) is 10.5. The van der Waals surface area contributed by atoms with Crippen molar-refractivity contribution < 1.29 is 22.7 Å². The Labute approximate surface area is 163 Å². The molecule has 0 saturated carbocycles. The molecule has 1 aliphatic rings. The largest absolute Gasteiger partial charge is 0.495 e. The SMILES string of the molecule is COc1ccccc1NC(=O)c1ccc(NC(=O)NC2CCS(=O)(=O)C2)cc1. The van der Waals surface area contributed by atoms with Gasteiger partial charge >= 0.3 is 6.03 Å². The van der Waals surface area contributed by atoms with E-state index in [2.05, 4.69) is 16.0 Å². The summed E-state index contributed by atoms with van der Waals surface area (Å²) in [5, 5.41) is 8.05. The Balaban J connectivity index is 1.57. The summed E-state index contributed by atoms with van der Waals surface area (Å²) in [5.74, 6) is 0.299. The summed E-state index contributed by atoms with van der Waals surface area (Å²) in [7, 11) is -1.53. The standard InChI is InChI=1S/C19H21N3O5S/c1-27-17-5-3-2-4-16(17)22-18(23)13-6-8-14(9-7-13)20-19(24)21-15-10-11-28(25,26)12-15/h2-9,15H,10-12H2,1H3,(H,22,23)(H2,20,21,24). The van der Waals surface area contributed by atoms with Gasteiger partial charge in [0.15, 0.2) is 9.84 Å². The normalized spacial score (nSPS) is 17.5. The van der Waals surface area contributed by atoms with Crippen molar-refractivity contribution >= 4 is 33.2 Å². The van der Waals surface area contributed by atoms with Gasteiger partial charge in [-0.25, -0.2) is 13.2 Å². The summed E-state index contributed by atoms with van der Waals surface area (Å²) in [5.41, 5.74) is 1.47. The van der Waals surface area contributed by atoms with Gasteiger partial charge < -0.3 is 20.7 Å². The van der Waals surface area contributed by atoms with Crippen LogP contribution in [0.25, 0.3) is 0 Å². The first kappa shape index (κ1) is 19.7. The Morgan fingerprint density at radius 1 is 1.04 bits per heavy atom. The highest BCUT2D eigenvalue weighted by molar-refractivity contribution is 7.91. The number of rotatable bonds is 5. The zero-order chi connectivity index (χ0) is 20.1. The van der Waals surface area contributed by atoms with E-state index in [9.17, 15) is 18.0 Å². The topological polar surface area (TPSA) is 114 Å². The van der Waals surface area contributed by atoms with Crippen molar-refractivity contribution in [2.45, 2.75) is 12.5 Å². The molecule has 3 rings (SSSR count). The van der Waals surface area contributed by atoms with Gasteiger partial charge in [0.05, 0.1) is 24.3 Å². The number of anilines is 2. The van der Waals surface area contributed by atoms with E-state index >= 15 is 0 Å². The second kappa shape index (κ2) is 8.30. The van der Waals surface area contributed by atoms with Crippen LogP contribution in [0.2, 0.25) is 0 Å². The van der Waals surface area contributed by atoms with Crippen LogP contribution in [-0.2, 0) is 9.84 Å². The highest BCUT2D eigenvalue weighted by atomic mass is 32.2. The van der Waals surface area contributed by atoms with E-state index in [1.54, 1.807) is 48.5 Å². The van der Waals surface area contributed by atoms with Crippen molar-refractivity contribution in [2.75, 3.05) is 29.2 Å². The average molecular weight is 403 g/mol. The van der Waals surface area contributed by atoms with Crippen molar-refractivity contribution in [2.24, 2.45) is 0 Å². The number of hydrogen-bond donors (Lipinski definition) is 3. The minimum Gasteiger partial charge on any atom is -0.495 e. The van der Waals surface area contributed by atoms with Crippen molar-refractivity contribution in [1.29, 1.82) is 0 Å².